The van der Waals surface area contributed by atoms with Gasteiger partial charge >= 0.3 is 0 Å². The lowest BCUT2D eigenvalue weighted by Crippen LogP contribution is -2.11. The molecule has 0 aliphatic heterocycles. The van der Waals surface area contributed by atoms with E-state index in [1.165, 1.54) is 11.1 Å². The topological polar surface area (TPSA) is 55.4 Å². The van der Waals surface area contributed by atoms with Gasteiger partial charge in [-0.05, 0) is 38.1 Å². The maximum Gasteiger partial charge on any atom is 0.119 e. The molecule has 0 aliphatic carbocycles. The highest BCUT2D eigenvalue weighted by Crippen LogP contribution is 2.11. The van der Waals surface area contributed by atoms with Gasteiger partial charge < -0.3 is 28.4 Å². The molecule has 6 heteroatoms. The lowest BCUT2D eigenvalue weighted by molar-refractivity contribution is 0.0424. The summed E-state index contributed by atoms with van der Waals surface area (Å²) in [5.74, 6) is 1.72. The molecule has 2 aromatic carbocycles. The quantitative estimate of drug-likeness (QED) is 0.251. The molecule has 0 bridgehead atoms. The van der Waals surface area contributed by atoms with Gasteiger partial charge in [0.2, 0.25) is 0 Å². The zero-order chi connectivity index (χ0) is 22.7. The molecule has 0 fully saturated rings. The predicted molar refractivity (Wildman–Crippen MR) is 126 cm³/mol. The Morgan fingerprint density at radius 2 is 0.812 bits per heavy atom. The average molecular weight is 445 g/mol. The Balaban J connectivity index is 1.28. The van der Waals surface area contributed by atoms with Crippen LogP contribution in [-0.4, -0.2) is 66.1 Å². The predicted octanol–water partition coefficient (Wildman–Crippen LogP) is 4.38. The van der Waals surface area contributed by atoms with Gasteiger partial charge in [-0.25, -0.2) is 0 Å². The van der Waals surface area contributed by atoms with E-state index in [0.717, 1.165) is 11.5 Å². The fourth-order valence-electron chi connectivity index (χ4n) is 2.58. The standard InChI is InChI=1S/C26H36O6/c1-23-5-9-25(10-6-23)31-21-19-29-17-15-27-13-3-4-14-28-16-18-30-20-22-32-26-11-7-24(2)8-12-26/h3-12H,13-22H2,1-2H3. The molecule has 0 radical (unpaired) electrons. The average Bonchev–Trinajstić information content (AvgIpc) is 2.80. The molecule has 0 atom stereocenters. The minimum atomic E-state index is 0.532. The Labute approximate surface area is 192 Å². The van der Waals surface area contributed by atoms with Gasteiger partial charge in [-0.15, -0.1) is 0 Å². The van der Waals surface area contributed by atoms with Gasteiger partial charge in [0.15, 0.2) is 0 Å². The molecule has 2 rings (SSSR count). The molecule has 0 aliphatic rings. The molecule has 0 saturated carbocycles. The summed E-state index contributed by atoms with van der Waals surface area (Å²) in [7, 11) is 0. The van der Waals surface area contributed by atoms with Crippen LogP contribution < -0.4 is 9.47 Å². The smallest absolute Gasteiger partial charge is 0.119 e. The Hall–Kier alpha value is -2.38. The van der Waals surface area contributed by atoms with Crippen LogP contribution in [0.5, 0.6) is 11.5 Å². The third-order valence-corrected chi connectivity index (χ3v) is 4.37. The fraction of sp³-hybridized carbons (Fsp3) is 0.462. The van der Waals surface area contributed by atoms with Crippen LogP contribution in [0.4, 0.5) is 0 Å². The zero-order valence-electron chi connectivity index (χ0n) is 19.3. The zero-order valence-corrected chi connectivity index (χ0v) is 19.3. The van der Waals surface area contributed by atoms with Crippen molar-refractivity contribution in [3.05, 3.63) is 71.8 Å². The Bertz CT molecular complexity index is 663. The summed E-state index contributed by atoms with van der Waals surface area (Å²) < 4.78 is 33.1. The van der Waals surface area contributed by atoms with E-state index in [1.54, 1.807) is 0 Å². The second-order valence-corrected chi connectivity index (χ2v) is 7.17. The van der Waals surface area contributed by atoms with E-state index in [-0.39, 0.29) is 0 Å². The van der Waals surface area contributed by atoms with Crippen molar-refractivity contribution < 1.29 is 28.4 Å². The molecule has 0 N–H and O–H groups in total. The number of hydrogen-bond acceptors (Lipinski definition) is 6. The molecule has 0 saturated heterocycles. The molecule has 32 heavy (non-hydrogen) atoms. The molecular weight excluding hydrogens is 408 g/mol. The van der Waals surface area contributed by atoms with Crippen LogP contribution in [0.3, 0.4) is 0 Å². The van der Waals surface area contributed by atoms with Crippen molar-refractivity contribution in [3.8, 4) is 11.5 Å². The first kappa shape index (κ1) is 25.9. The largest absolute Gasteiger partial charge is 0.491 e. The van der Waals surface area contributed by atoms with Crippen LogP contribution in [0.15, 0.2) is 60.7 Å². The van der Waals surface area contributed by atoms with Gasteiger partial charge in [0.05, 0.1) is 52.9 Å². The van der Waals surface area contributed by atoms with Crippen molar-refractivity contribution in [1.29, 1.82) is 0 Å². The highest BCUT2D eigenvalue weighted by molar-refractivity contribution is 5.26. The summed E-state index contributed by atoms with van der Waals surface area (Å²) >= 11 is 0. The maximum absolute atomic E-state index is 5.60. The molecule has 0 unspecified atom stereocenters. The summed E-state index contributed by atoms with van der Waals surface area (Å²) in [5.41, 5.74) is 2.44. The lowest BCUT2D eigenvalue weighted by Gasteiger charge is -2.07. The van der Waals surface area contributed by atoms with Crippen LogP contribution in [0, 0.1) is 13.8 Å². The normalized spacial score (nSPS) is 11.2. The summed E-state index contributed by atoms with van der Waals surface area (Å²) in [6.07, 6.45) is 3.88. The SMILES string of the molecule is Cc1ccc(OCCOCCOCC=CCOCCOCCOc2ccc(C)cc2)cc1. The van der Waals surface area contributed by atoms with Gasteiger partial charge in [-0.3, -0.25) is 0 Å². The highest BCUT2D eigenvalue weighted by Gasteiger charge is 1.95. The van der Waals surface area contributed by atoms with Crippen molar-refractivity contribution in [3.63, 3.8) is 0 Å². The van der Waals surface area contributed by atoms with Crippen LogP contribution in [0.2, 0.25) is 0 Å². The van der Waals surface area contributed by atoms with Crippen LogP contribution in [-0.2, 0) is 18.9 Å². The van der Waals surface area contributed by atoms with Crippen LogP contribution in [0.25, 0.3) is 0 Å². The first-order valence-electron chi connectivity index (χ1n) is 11.1. The molecule has 0 amide bonds. The Morgan fingerprint density at radius 3 is 1.22 bits per heavy atom. The second kappa shape index (κ2) is 17.2. The third-order valence-electron chi connectivity index (χ3n) is 4.37. The van der Waals surface area contributed by atoms with E-state index in [1.807, 2.05) is 60.7 Å². The highest BCUT2D eigenvalue weighted by atomic mass is 16.5. The summed E-state index contributed by atoms with van der Waals surface area (Å²) in [5, 5.41) is 0. The van der Waals surface area contributed by atoms with Gasteiger partial charge in [0, 0.05) is 0 Å². The van der Waals surface area contributed by atoms with E-state index in [2.05, 4.69) is 13.8 Å². The first-order chi connectivity index (χ1) is 15.7. The first-order valence-corrected chi connectivity index (χ1v) is 11.1. The van der Waals surface area contributed by atoms with Crippen LogP contribution in [0.1, 0.15) is 11.1 Å². The Morgan fingerprint density at radius 1 is 0.469 bits per heavy atom. The summed E-state index contributed by atoms with van der Waals surface area (Å²) in [6.45, 7) is 9.53. The summed E-state index contributed by atoms with van der Waals surface area (Å²) in [6, 6.07) is 16.0. The Kier molecular flexibility index (Phi) is 13.9. The van der Waals surface area contributed by atoms with Gasteiger partial charge in [-0.1, -0.05) is 47.5 Å². The van der Waals surface area contributed by atoms with E-state index in [0.29, 0.717) is 66.1 Å². The number of hydrogen-bond donors (Lipinski definition) is 0. The molecule has 0 spiro atoms. The van der Waals surface area contributed by atoms with E-state index < -0.39 is 0 Å². The molecule has 6 nitrogen and oxygen atoms in total. The van der Waals surface area contributed by atoms with Crippen molar-refractivity contribution >= 4 is 0 Å². The number of aryl methyl sites for hydroxylation is 2. The molecule has 176 valence electrons. The van der Waals surface area contributed by atoms with Crippen LogP contribution >= 0.6 is 0 Å². The molecular formula is C26H36O6. The summed E-state index contributed by atoms with van der Waals surface area (Å²) in [4.78, 5) is 0. The van der Waals surface area contributed by atoms with E-state index in [9.17, 15) is 0 Å². The number of benzene rings is 2. The fourth-order valence-corrected chi connectivity index (χ4v) is 2.58. The number of ether oxygens (including phenoxy) is 6. The van der Waals surface area contributed by atoms with Gasteiger partial charge in [-0.2, -0.15) is 0 Å². The molecule has 2 aromatic rings. The van der Waals surface area contributed by atoms with Crippen molar-refractivity contribution in [2.75, 3.05) is 66.1 Å². The minimum Gasteiger partial charge on any atom is -0.491 e. The lowest BCUT2D eigenvalue weighted by atomic mass is 10.2. The van der Waals surface area contributed by atoms with E-state index >= 15 is 0 Å². The van der Waals surface area contributed by atoms with Crippen molar-refractivity contribution in [1.82, 2.24) is 0 Å². The molecule has 0 aromatic heterocycles. The van der Waals surface area contributed by atoms with Crippen molar-refractivity contribution in [2.24, 2.45) is 0 Å². The monoisotopic (exact) mass is 444 g/mol. The van der Waals surface area contributed by atoms with Gasteiger partial charge in [0.25, 0.3) is 0 Å². The molecule has 0 heterocycles. The maximum atomic E-state index is 5.60. The minimum absolute atomic E-state index is 0.532. The van der Waals surface area contributed by atoms with Gasteiger partial charge in [0.1, 0.15) is 24.7 Å². The number of rotatable bonds is 18. The van der Waals surface area contributed by atoms with E-state index in [4.69, 9.17) is 28.4 Å². The van der Waals surface area contributed by atoms with Crippen molar-refractivity contribution in [2.45, 2.75) is 13.8 Å². The third kappa shape index (κ3) is 13.1. The second-order valence-electron chi connectivity index (χ2n) is 7.17.